The molecular weight excluding hydrogens is 370 g/mol. The van der Waals surface area contributed by atoms with Crippen molar-refractivity contribution < 1.29 is 9.21 Å². The summed E-state index contributed by atoms with van der Waals surface area (Å²) in [6.07, 6.45) is 0. The second-order valence-electron chi connectivity index (χ2n) is 6.02. The van der Waals surface area contributed by atoms with Gasteiger partial charge in [-0.3, -0.25) is 9.69 Å². The second kappa shape index (κ2) is 7.85. The first-order valence-electron chi connectivity index (χ1n) is 8.21. The van der Waals surface area contributed by atoms with Crippen LogP contribution in [0.2, 0.25) is 0 Å². The van der Waals surface area contributed by atoms with E-state index in [1.165, 1.54) is 5.69 Å². The number of benzene rings is 1. The van der Waals surface area contributed by atoms with Crippen molar-refractivity contribution in [1.82, 2.24) is 10.2 Å². The molecule has 3 rings (SSSR count). The molecule has 6 heteroatoms. The summed E-state index contributed by atoms with van der Waals surface area (Å²) in [6, 6.07) is 14.2. The number of rotatable bonds is 5. The highest BCUT2D eigenvalue weighted by molar-refractivity contribution is 9.10. The molecule has 1 fully saturated rings. The molecule has 0 radical (unpaired) electrons. The van der Waals surface area contributed by atoms with E-state index in [0.717, 1.165) is 26.2 Å². The van der Waals surface area contributed by atoms with E-state index in [1.54, 1.807) is 12.1 Å². The molecule has 1 N–H and O–H groups in total. The number of hydrogen-bond acceptors (Lipinski definition) is 4. The summed E-state index contributed by atoms with van der Waals surface area (Å²) >= 11 is 3.21. The predicted molar refractivity (Wildman–Crippen MR) is 98.4 cm³/mol. The highest BCUT2D eigenvalue weighted by atomic mass is 79.9. The number of para-hydroxylation sites is 1. The largest absolute Gasteiger partial charge is 0.444 e. The van der Waals surface area contributed by atoms with Crippen LogP contribution in [0, 0.1) is 0 Å². The predicted octanol–water partition coefficient (Wildman–Crippen LogP) is 2.98. The first-order valence-corrected chi connectivity index (χ1v) is 9.00. The van der Waals surface area contributed by atoms with Crippen LogP contribution in [0.3, 0.4) is 0 Å². The van der Waals surface area contributed by atoms with Crippen LogP contribution in [0.1, 0.15) is 17.5 Å². The molecule has 2 heterocycles. The molecule has 128 valence electrons. The van der Waals surface area contributed by atoms with Crippen molar-refractivity contribution >= 4 is 27.5 Å². The van der Waals surface area contributed by atoms with Crippen LogP contribution in [0.5, 0.6) is 0 Å². The zero-order valence-electron chi connectivity index (χ0n) is 13.7. The van der Waals surface area contributed by atoms with E-state index in [0.29, 0.717) is 23.0 Å². The van der Waals surface area contributed by atoms with E-state index >= 15 is 0 Å². The van der Waals surface area contributed by atoms with Gasteiger partial charge >= 0.3 is 0 Å². The SMILES string of the molecule is CC(CNC(=O)c1ccc(Br)o1)N1CCN(c2ccccc2)CC1. The molecule has 0 aliphatic carbocycles. The number of piperazine rings is 1. The number of amides is 1. The van der Waals surface area contributed by atoms with Gasteiger partial charge in [-0.1, -0.05) is 18.2 Å². The summed E-state index contributed by atoms with van der Waals surface area (Å²) in [5.74, 6) is 0.165. The Labute approximate surface area is 150 Å². The third-order valence-electron chi connectivity index (χ3n) is 4.41. The molecule has 0 bridgehead atoms. The lowest BCUT2D eigenvalue weighted by Crippen LogP contribution is -2.52. The highest BCUT2D eigenvalue weighted by Crippen LogP contribution is 2.17. The minimum atomic E-state index is -0.171. The molecule has 1 aliphatic heterocycles. The van der Waals surface area contributed by atoms with E-state index in [4.69, 9.17) is 4.42 Å². The Hall–Kier alpha value is -1.79. The lowest BCUT2D eigenvalue weighted by molar-refractivity contribution is 0.0905. The van der Waals surface area contributed by atoms with Crippen molar-refractivity contribution in [3.05, 3.63) is 52.9 Å². The van der Waals surface area contributed by atoms with Crippen molar-refractivity contribution in [3.8, 4) is 0 Å². The molecule has 1 atom stereocenters. The first kappa shape index (κ1) is 17.0. The Kier molecular flexibility index (Phi) is 5.58. The summed E-state index contributed by atoms with van der Waals surface area (Å²) in [7, 11) is 0. The summed E-state index contributed by atoms with van der Waals surface area (Å²) in [4.78, 5) is 16.8. The lowest BCUT2D eigenvalue weighted by Gasteiger charge is -2.39. The molecule has 0 spiro atoms. The maximum atomic E-state index is 12.0. The Morgan fingerprint density at radius 2 is 1.88 bits per heavy atom. The number of carbonyl (C=O) groups is 1. The first-order chi connectivity index (χ1) is 11.6. The van der Waals surface area contributed by atoms with Gasteiger partial charge in [-0.15, -0.1) is 0 Å². The number of anilines is 1. The van der Waals surface area contributed by atoms with Crippen molar-refractivity contribution in [1.29, 1.82) is 0 Å². The number of halogens is 1. The molecule has 1 aromatic heterocycles. The lowest BCUT2D eigenvalue weighted by atomic mass is 10.2. The molecule has 5 nitrogen and oxygen atoms in total. The monoisotopic (exact) mass is 391 g/mol. The summed E-state index contributed by atoms with van der Waals surface area (Å²) in [6.45, 7) is 6.77. The summed E-state index contributed by atoms with van der Waals surface area (Å²) in [5, 5.41) is 2.94. The molecule has 1 aromatic carbocycles. The van der Waals surface area contributed by atoms with Gasteiger partial charge in [-0.05, 0) is 47.1 Å². The molecule has 0 saturated carbocycles. The van der Waals surface area contributed by atoms with Gasteiger partial charge in [0.05, 0.1) is 0 Å². The summed E-state index contributed by atoms with van der Waals surface area (Å²) in [5.41, 5.74) is 1.28. The van der Waals surface area contributed by atoms with Crippen molar-refractivity contribution in [3.63, 3.8) is 0 Å². The molecule has 1 amide bonds. The average molecular weight is 392 g/mol. The number of nitrogens with one attached hydrogen (secondary N) is 1. The minimum absolute atomic E-state index is 0.171. The van der Waals surface area contributed by atoms with Crippen molar-refractivity contribution in [2.45, 2.75) is 13.0 Å². The summed E-state index contributed by atoms with van der Waals surface area (Å²) < 4.78 is 5.84. The molecule has 24 heavy (non-hydrogen) atoms. The Balaban J connectivity index is 1.45. The zero-order valence-corrected chi connectivity index (χ0v) is 15.3. The normalized spacial score (nSPS) is 16.8. The fraction of sp³-hybridized carbons (Fsp3) is 0.389. The van der Waals surface area contributed by atoms with E-state index < -0.39 is 0 Å². The maximum absolute atomic E-state index is 12.0. The fourth-order valence-corrected chi connectivity index (χ4v) is 3.26. The Morgan fingerprint density at radius 3 is 2.50 bits per heavy atom. The average Bonchev–Trinajstić information content (AvgIpc) is 3.07. The topological polar surface area (TPSA) is 48.7 Å². The molecule has 2 aromatic rings. The smallest absolute Gasteiger partial charge is 0.287 e. The highest BCUT2D eigenvalue weighted by Gasteiger charge is 2.22. The van der Waals surface area contributed by atoms with Crippen LogP contribution < -0.4 is 10.2 Å². The van der Waals surface area contributed by atoms with Crippen molar-refractivity contribution in [2.24, 2.45) is 0 Å². The van der Waals surface area contributed by atoms with Crippen LogP contribution in [0.15, 0.2) is 51.6 Å². The van der Waals surface area contributed by atoms with Crippen LogP contribution >= 0.6 is 15.9 Å². The molecule has 1 unspecified atom stereocenters. The van der Waals surface area contributed by atoms with E-state index in [-0.39, 0.29) is 5.91 Å². The van der Waals surface area contributed by atoms with E-state index in [2.05, 4.69) is 62.2 Å². The van der Waals surface area contributed by atoms with Gasteiger partial charge in [-0.2, -0.15) is 0 Å². The quantitative estimate of drug-likeness (QED) is 0.850. The van der Waals surface area contributed by atoms with Crippen LogP contribution in [-0.2, 0) is 0 Å². The zero-order chi connectivity index (χ0) is 16.9. The van der Waals surface area contributed by atoms with Crippen LogP contribution in [0.25, 0.3) is 0 Å². The minimum Gasteiger partial charge on any atom is -0.444 e. The van der Waals surface area contributed by atoms with E-state index in [1.807, 2.05) is 6.07 Å². The molecule has 1 aliphatic rings. The standard InChI is InChI=1S/C18H22BrN3O2/c1-14(13-20-18(23)16-7-8-17(19)24-16)21-9-11-22(12-10-21)15-5-3-2-4-6-15/h2-8,14H,9-13H2,1H3,(H,20,23). The fourth-order valence-electron chi connectivity index (χ4n) is 2.95. The van der Waals surface area contributed by atoms with Crippen molar-refractivity contribution in [2.75, 3.05) is 37.6 Å². The van der Waals surface area contributed by atoms with Gasteiger partial charge in [0, 0.05) is 44.5 Å². The second-order valence-corrected chi connectivity index (χ2v) is 6.80. The molecular formula is C18H22BrN3O2. The number of hydrogen-bond donors (Lipinski definition) is 1. The van der Waals surface area contributed by atoms with Gasteiger partial charge < -0.3 is 14.6 Å². The maximum Gasteiger partial charge on any atom is 0.287 e. The third kappa shape index (κ3) is 4.19. The van der Waals surface area contributed by atoms with Gasteiger partial charge in [0.25, 0.3) is 5.91 Å². The third-order valence-corrected chi connectivity index (χ3v) is 4.84. The van der Waals surface area contributed by atoms with Gasteiger partial charge in [0.15, 0.2) is 10.4 Å². The Bertz CT molecular complexity index is 666. The van der Waals surface area contributed by atoms with Crippen LogP contribution in [0.4, 0.5) is 5.69 Å². The van der Waals surface area contributed by atoms with Gasteiger partial charge in [0.1, 0.15) is 0 Å². The Morgan fingerprint density at radius 1 is 1.17 bits per heavy atom. The number of furan rings is 1. The number of nitrogens with zero attached hydrogens (tertiary/aromatic N) is 2. The van der Waals surface area contributed by atoms with Crippen LogP contribution in [-0.4, -0.2) is 49.6 Å². The van der Waals surface area contributed by atoms with Gasteiger partial charge in [0.2, 0.25) is 0 Å². The van der Waals surface area contributed by atoms with Gasteiger partial charge in [-0.25, -0.2) is 0 Å². The number of carbonyl (C=O) groups excluding carboxylic acids is 1. The van der Waals surface area contributed by atoms with E-state index in [9.17, 15) is 4.79 Å². The molecule has 1 saturated heterocycles.